The molecule has 0 radical (unpaired) electrons. The number of quaternary nitrogens is 1. The molecule has 2 heterocycles. The molecule has 0 saturated carbocycles. The first-order chi connectivity index (χ1) is 12.9. The predicted molar refractivity (Wildman–Crippen MR) is 115 cm³/mol. The summed E-state index contributed by atoms with van der Waals surface area (Å²) in [4.78, 5) is 4.91. The van der Waals surface area contributed by atoms with Crippen LogP contribution in [-0.2, 0) is 6.54 Å². The molecular formula is C22H26BrN4+. The Hall–Kier alpha value is -2.11. The number of halogens is 1. The maximum Gasteiger partial charge on any atom is 0.215 e. The molecule has 0 saturated heterocycles. The molecule has 0 unspecified atom stereocenters. The van der Waals surface area contributed by atoms with E-state index < -0.39 is 0 Å². The molecule has 0 spiro atoms. The van der Waals surface area contributed by atoms with Crippen LogP contribution < -0.4 is 5.32 Å². The first-order valence-electron chi connectivity index (χ1n) is 9.49. The van der Waals surface area contributed by atoms with Gasteiger partial charge in [0.1, 0.15) is 0 Å². The fourth-order valence-electron chi connectivity index (χ4n) is 3.51. The summed E-state index contributed by atoms with van der Waals surface area (Å²) in [6.45, 7) is 8.84. The maximum absolute atomic E-state index is 4.91. The van der Waals surface area contributed by atoms with E-state index in [0.29, 0.717) is 0 Å². The van der Waals surface area contributed by atoms with Gasteiger partial charge in [0.05, 0.1) is 28.8 Å². The molecule has 4 nitrogen and oxygen atoms in total. The molecule has 2 N–H and O–H groups in total. The van der Waals surface area contributed by atoms with Gasteiger partial charge in [-0.2, -0.15) is 0 Å². The van der Waals surface area contributed by atoms with Crippen molar-refractivity contribution >= 4 is 32.7 Å². The normalized spacial score (nSPS) is 12.3. The second-order valence-electron chi connectivity index (χ2n) is 8.16. The number of nitrogens with two attached hydrogens (primary N) is 1. The molecular weight excluding hydrogens is 400 g/mol. The number of nitrogens with zero attached hydrogens (tertiary/aromatic N) is 3. The first kappa shape index (κ1) is 18.3. The van der Waals surface area contributed by atoms with Crippen molar-refractivity contribution in [2.45, 2.75) is 39.3 Å². The van der Waals surface area contributed by atoms with Crippen molar-refractivity contribution in [3.05, 3.63) is 59.2 Å². The molecule has 4 rings (SSSR count). The van der Waals surface area contributed by atoms with Crippen LogP contribution >= 0.6 is 15.9 Å². The Morgan fingerprint density at radius 2 is 1.78 bits per heavy atom. The zero-order valence-corrected chi connectivity index (χ0v) is 17.7. The summed E-state index contributed by atoms with van der Waals surface area (Å²) in [5.74, 6) is 1.02. The fourth-order valence-corrected chi connectivity index (χ4v) is 3.77. The summed E-state index contributed by atoms with van der Waals surface area (Å²) < 4.78 is 5.68. The van der Waals surface area contributed by atoms with Crippen LogP contribution in [0.5, 0.6) is 0 Å². The number of hydrogen-bond donors (Lipinski definition) is 1. The molecule has 0 atom stereocenters. The molecule has 2 aromatic heterocycles. The predicted octanol–water partition coefficient (Wildman–Crippen LogP) is 4.47. The van der Waals surface area contributed by atoms with Gasteiger partial charge in [-0.3, -0.25) is 4.40 Å². The number of imidazole rings is 2. The van der Waals surface area contributed by atoms with Gasteiger partial charge in [0.2, 0.25) is 5.78 Å². The maximum atomic E-state index is 4.91. The summed E-state index contributed by atoms with van der Waals surface area (Å²) in [7, 11) is 0. The van der Waals surface area contributed by atoms with E-state index in [1.54, 1.807) is 0 Å². The van der Waals surface area contributed by atoms with Crippen LogP contribution in [0.3, 0.4) is 0 Å². The molecule has 0 aliphatic carbocycles. The highest BCUT2D eigenvalue weighted by atomic mass is 79.9. The summed E-state index contributed by atoms with van der Waals surface area (Å²) in [6, 6.07) is 16.9. The van der Waals surface area contributed by atoms with E-state index in [1.807, 2.05) is 6.07 Å². The molecule has 0 fully saturated rings. The van der Waals surface area contributed by atoms with Gasteiger partial charge in [-0.15, -0.1) is 0 Å². The minimum absolute atomic E-state index is 0.266. The monoisotopic (exact) mass is 425 g/mol. The average molecular weight is 426 g/mol. The summed E-state index contributed by atoms with van der Waals surface area (Å²) in [5, 5.41) is 2.41. The van der Waals surface area contributed by atoms with Gasteiger partial charge in [-0.05, 0) is 50.6 Å². The van der Waals surface area contributed by atoms with Gasteiger partial charge < -0.3 is 9.88 Å². The topological polar surface area (TPSA) is 38.8 Å². The highest BCUT2D eigenvalue weighted by molar-refractivity contribution is 9.10. The minimum atomic E-state index is 0.266. The molecule has 0 aliphatic rings. The van der Waals surface area contributed by atoms with E-state index in [4.69, 9.17) is 4.98 Å². The van der Waals surface area contributed by atoms with Crippen LogP contribution in [0.4, 0.5) is 0 Å². The van der Waals surface area contributed by atoms with E-state index in [0.717, 1.165) is 40.8 Å². The van der Waals surface area contributed by atoms with Crippen molar-refractivity contribution < 1.29 is 5.32 Å². The van der Waals surface area contributed by atoms with Gasteiger partial charge in [0.25, 0.3) is 0 Å². The number of para-hydroxylation sites is 2. The van der Waals surface area contributed by atoms with Gasteiger partial charge >= 0.3 is 0 Å². The Morgan fingerprint density at radius 3 is 2.52 bits per heavy atom. The van der Waals surface area contributed by atoms with Crippen LogP contribution in [0.1, 0.15) is 27.2 Å². The van der Waals surface area contributed by atoms with Crippen LogP contribution in [0.2, 0.25) is 0 Å². The van der Waals surface area contributed by atoms with E-state index >= 15 is 0 Å². The summed E-state index contributed by atoms with van der Waals surface area (Å²) in [6.07, 6.45) is 3.33. The third-order valence-corrected chi connectivity index (χ3v) is 5.37. The van der Waals surface area contributed by atoms with Crippen molar-refractivity contribution in [3.63, 3.8) is 0 Å². The molecule has 27 heavy (non-hydrogen) atoms. The SMILES string of the molecule is CC(C)(C)[NH2+]CCCn1c(-c2ccc(Br)cc2)cn2c3ccccc3nc12. The highest BCUT2D eigenvalue weighted by Gasteiger charge is 2.16. The second-order valence-corrected chi connectivity index (χ2v) is 9.07. The Balaban J connectivity index is 1.75. The zero-order valence-electron chi connectivity index (χ0n) is 16.1. The average Bonchev–Trinajstić information content (AvgIpc) is 3.15. The lowest BCUT2D eigenvalue weighted by Gasteiger charge is -2.17. The number of fused-ring (bicyclic) bond motifs is 3. The lowest BCUT2D eigenvalue weighted by atomic mass is 10.1. The number of rotatable bonds is 5. The van der Waals surface area contributed by atoms with E-state index in [2.05, 4.69) is 99.6 Å². The van der Waals surface area contributed by atoms with Crippen LogP contribution in [-0.4, -0.2) is 26.0 Å². The zero-order chi connectivity index (χ0) is 19.0. The summed E-state index contributed by atoms with van der Waals surface area (Å²) >= 11 is 3.54. The number of aryl methyl sites for hydroxylation is 1. The Bertz CT molecular complexity index is 1070. The molecule has 0 amide bonds. The van der Waals surface area contributed by atoms with E-state index in [9.17, 15) is 0 Å². The fraction of sp³-hybridized carbons (Fsp3) is 0.318. The van der Waals surface area contributed by atoms with Crippen LogP contribution in [0.25, 0.3) is 28.1 Å². The van der Waals surface area contributed by atoms with Crippen molar-refractivity contribution in [1.82, 2.24) is 14.0 Å². The van der Waals surface area contributed by atoms with Crippen molar-refractivity contribution in [2.75, 3.05) is 6.54 Å². The molecule has 0 aliphatic heterocycles. The van der Waals surface area contributed by atoms with Gasteiger partial charge in [-0.25, -0.2) is 4.98 Å². The Labute approximate surface area is 168 Å². The molecule has 140 valence electrons. The first-order valence-corrected chi connectivity index (χ1v) is 10.3. The van der Waals surface area contributed by atoms with Crippen LogP contribution in [0.15, 0.2) is 59.2 Å². The number of aromatic nitrogens is 3. The summed E-state index contributed by atoms with van der Waals surface area (Å²) in [5.41, 5.74) is 4.90. The smallest absolute Gasteiger partial charge is 0.215 e. The molecule has 4 aromatic rings. The lowest BCUT2D eigenvalue weighted by molar-refractivity contribution is -0.717. The molecule has 0 bridgehead atoms. The number of benzene rings is 2. The van der Waals surface area contributed by atoms with Gasteiger partial charge in [0.15, 0.2) is 0 Å². The third-order valence-electron chi connectivity index (χ3n) is 4.84. The van der Waals surface area contributed by atoms with Gasteiger partial charge in [0, 0.05) is 23.6 Å². The second kappa shape index (κ2) is 7.13. The highest BCUT2D eigenvalue weighted by Crippen LogP contribution is 2.27. The third kappa shape index (κ3) is 3.80. The largest absolute Gasteiger partial charge is 0.342 e. The lowest BCUT2D eigenvalue weighted by Crippen LogP contribution is -2.94. The van der Waals surface area contributed by atoms with Gasteiger partial charge in [-0.1, -0.05) is 40.2 Å². The standard InChI is InChI=1S/C22H25BrN4/c1-22(2,3)24-13-6-14-26-20(16-9-11-17(23)12-10-16)15-27-19-8-5-4-7-18(19)25-21(26)27/h4-5,7-12,15,24H,6,13-14H2,1-3H3/p+1. The quantitative estimate of drug-likeness (QED) is 0.470. The van der Waals surface area contributed by atoms with E-state index in [1.165, 1.54) is 11.3 Å². The van der Waals surface area contributed by atoms with Crippen molar-refractivity contribution in [3.8, 4) is 11.3 Å². The molecule has 2 aromatic carbocycles. The minimum Gasteiger partial charge on any atom is -0.342 e. The van der Waals surface area contributed by atoms with Crippen molar-refractivity contribution in [1.29, 1.82) is 0 Å². The van der Waals surface area contributed by atoms with E-state index in [-0.39, 0.29) is 5.54 Å². The number of hydrogen-bond acceptors (Lipinski definition) is 1. The Morgan fingerprint density at radius 1 is 1.04 bits per heavy atom. The van der Waals surface area contributed by atoms with Crippen LogP contribution in [0, 0.1) is 0 Å². The molecule has 5 heteroatoms. The van der Waals surface area contributed by atoms with Crippen molar-refractivity contribution in [2.24, 2.45) is 0 Å². The Kier molecular flexibility index (Phi) is 4.82.